The molecule has 1 saturated heterocycles. The zero-order valence-corrected chi connectivity index (χ0v) is 16.5. The minimum absolute atomic E-state index is 0.0678. The molecule has 1 unspecified atom stereocenters. The predicted octanol–water partition coefficient (Wildman–Crippen LogP) is 4.52. The third-order valence-corrected chi connectivity index (χ3v) is 7.78. The van der Waals surface area contributed by atoms with Crippen LogP contribution in [0.3, 0.4) is 0 Å². The van der Waals surface area contributed by atoms with E-state index in [1.807, 2.05) is 6.07 Å². The Bertz CT molecular complexity index is 875. The SMILES string of the molecule is O=C(NC12CC3CC(CC(C3)C1)C2)c1cn(CCCC2CO2)c2ccccc12. The summed E-state index contributed by atoms with van der Waals surface area (Å²) in [5.41, 5.74) is 2.10. The number of benzene rings is 1. The van der Waals surface area contributed by atoms with Crippen molar-refractivity contribution in [3.05, 3.63) is 36.0 Å². The topological polar surface area (TPSA) is 46.6 Å². The molecular weight excluding hydrogens is 348 g/mol. The summed E-state index contributed by atoms with van der Waals surface area (Å²) in [7, 11) is 0. The Kier molecular flexibility index (Phi) is 3.87. The van der Waals surface area contributed by atoms with Gasteiger partial charge >= 0.3 is 0 Å². The fourth-order valence-electron chi connectivity index (χ4n) is 6.91. The van der Waals surface area contributed by atoms with Gasteiger partial charge in [-0.3, -0.25) is 4.79 Å². The van der Waals surface area contributed by atoms with Crippen molar-refractivity contribution < 1.29 is 9.53 Å². The number of carbonyl (C=O) groups is 1. The Labute approximate surface area is 166 Å². The van der Waals surface area contributed by atoms with Gasteiger partial charge in [-0.2, -0.15) is 0 Å². The zero-order chi connectivity index (χ0) is 18.7. The number of hydrogen-bond donors (Lipinski definition) is 1. The van der Waals surface area contributed by atoms with Gasteiger partial charge in [0, 0.05) is 29.2 Å². The fourth-order valence-corrected chi connectivity index (χ4v) is 6.91. The summed E-state index contributed by atoms with van der Waals surface area (Å²) in [5, 5.41) is 4.65. The van der Waals surface area contributed by atoms with Crippen LogP contribution in [0.15, 0.2) is 30.5 Å². The highest BCUT2D eigenvalue weighted by atomic mass is 16.6. The average molecular weight is 379 g/mol. The van der Waals surface area contributed by atoms with Gasteiger partial charge in [0.1, 0.15) is 0 Å². The molecule has 28 heavy (non-hydrogen) atoms. The van der Waals surface area contributed by atoms with Crippen molar-refractivity contribution in [2.75, 3.05) is 6.61 Å². The van der Waals surface area contributed by atoms with Crippen LogP contribution in [0.25, 0.3) is 10.9 Å². The monoisotopic (exact) mass is 378 g/mol. The number of epoxide rings is 1. The van der Waals surface area contributed by atoms with Crippen molar-refractivity contribution >= 4 is 16.8 Å². The molecule has 2 heterocycles. The van der Waals surface area contributed by atoms with Crippen LogP contribution in [0.2, 0.25) is 0 Å². The quantitative estimate of drug-likeness (QED) is 0.751. The van der Waals surface area contributed by atoms with Crippen LogP contribution in [-0.2, 0) is 11.3 Å². The van der Waals surface area contributed by atoms with E-state index in [2.05, 4.69) is 34.3 Å². The molecule has 1 aromatic heterocycles. The number of rotatable bonds is 6. The van der Waals surface area contributed by atoms with Crippen molar-refractivity contribution in [2.45, 2.75) is 69.6 Å². The molecule has 7 rings (SSSR count). The van der Waals surface area contributed by atoms with Crippen LogP contribution in [0.1, 0.15) is 61.7 Å². The lowest BCUT2D eigenvalue weighted by atomic mass is 9.53. The second-order valence-corrected chi connectivity index (χ2v) is 10.0. The molecule has 1 aromatic carbocycles. The van der Waals surface area contributed by atoms with E-state index in [-0.39, 0.29) is 11.4 Å². The van der Waals surface area contributed by atoms with Gasteiger partial charge in [0.15, 0.2) is 0 Å². The van der Waals surface area contributed by atoms with Crippen LogP contribution in [-0.4, -0.2) is 28.7 Å². The number of nitrogens with zero attached hydrogens (tertiary/aromatic N) is 1. The molecule has 148 valence electrons. The smallest absolute Gasteiger partial charge is 0.253 e. The van der Waals surface area contributed by atoms with E-state index in [9.17, 15) is 4.79 Å². The first-order valence-corrected chi connectivity index (χ1v) is 11.2. The maximum Gasteiger partial charge on any atom is 0.253 e. The number of aryl methyl sites for hydroxylation is 1. The van der Waals surface area contributed by atoms with Crippen molar-refractivity contribution in [1.29, 1.82) is 0 Å². The lowest BCUT2D eigenvalue weighted by Crippen LogP contribution is -2.59. The number of ether oxygens (including phenoxy) is 1. The summed E-state index contributed by atoms with van der Waals surface area (Å²) in [6, 6.07) is 8.37. The minimum Gasteiger partial charge on any atom is -0.373 e. The van der Waals surface area contributed by atoms with E-state index in [1.54, 1.807) is 0 Å². The molecule has 4 aliphatic carbocycles. The first-order chi connectivity index (χ1) is 13.7. The van der Waals surface area contributed by atoms with Crippen molar-refractivity contribution in [2.24, 2.45) is 17.8 Å². The number of aromatic nitrogens is 1. The van der Waals surface area contributed by atoms with E-state index in [1.165, 1.54) is 44.0 Å². The van der Waals surface area contributed by atoms with E-state index < -0.39 is 0 Å². The molecule has 0 spiro atoms. The molecule has 4 saturated carbocycles. The van der Waals surface area contributed by atoms with Gasteiger partial charge in [0.2, 0.25) is 0 Å². The highest BCUT2D eigenvalue weighted by Crippen LogP contribution is 2.55. The maximum absolute atomic E-state index is 13.4. The van der Waals surface area contributed by atoms with Crippen LogP contribution in [0, 0.1) is 17.8 Å². The molecule has 1 amide bonds. The Morgan fingerprint density at radius 2 is 1.79 bits per heavy atom. The lowest BCUT2D eigenvalue weighted by Gasteiger charge is -2.56. The summed E-state index contributed by atoms with van der Waals surface area (Å²) in [6.45, 7) is 1.87. The Hall–Kier alpha value is -1.81. The molecule has 4 bridgehead atoms. The number of carbonyl (C=O) groups excluding carboxylic acids is 1. The summed E-state index contributed by atoms with van der Waals surface area (Å²) in [6.07, 6.45) is 12.6. The molecule has 1 N–H and O–H groups in total. The standard InChI is InChI=1S/C24H30N2O2/c27-23(25-24-11-16-8-17(12-24)10-18(9-16)13-24)21-14-26(7-3-4-19-15-28-19)22-6-2-1-5-20(21)22/h1-2,5-6,14,16-19H,3-4,7-13,15H2,(H,25,27). The third kappa shape index (κ3) is 2.97. The fraction of sp³-hybridized carbons (Fsp3) is 0.625. The maximum atomic E-state index is 13.4. The van der Waals surface area contributed by atoms with E-state index >= 15 is 0 Å². The number of fused-ring (bicyclic) bond motifs is 1. The van der Waals surface area contributed by atoms with Crippen LogP contribution in [0.5, 0.6) is 0 Å². The van der Waals surface area contributed by atoms with Gasteiger partial charge in [-0.05, 0) is 75.2 Å². The van der Waals surface area contributed by atoms with E-state index in [4.69, 9.17) is 4.74 Å². The van der Waals surface area contributed by atoms with E-state index in [0.29, 0.717) is 6.10 Å². The van der Waals surface area contributed by atoms with Crippen LogP contribution in [0.4, 0.5) is 0 Å². The molecule has 4 heteroatoms. The van der Waals surface area contributed by atoms with Gasteiger partial charge in [0.05, 0.1) is 18.3 Å². The number of nitrogens with one attached hydrogen (secondary N) is 1. The number of para-hydroxylation sites is 1. The zero-order valence-electron chi connectivity index (χ0n) is 16.5. The molecule has 5 fully saturated rings. The highest BCUT2D eigenvalue weighted by Gasteiger charge is 2.51. The predicted molar refractivity (Wildman–Crippen MR) is 109 cm³/mol. The normalized spacial score (nSPS) is 35.4. The van der Waals surface area contributed by atoms with Crippen molar-refractivity contribution in [1.82, 2.24) is 9.88 Å². The Balaban J connectivity index is 1.25. The van der Waals surface area contributed by atoms with E-state index in [0.717, 1.165) is 54.7 Å². The second-order valence-electron chi connectivity index (χ2n) is 10.0. The molecule has 5 aliphatic rings. The summed E-state index contributed by atoms with van der Waals surface area (Å²) in [5.74, 6) is 2.68. The van der Waals surface area contributed by atoms with Gasteiger partial charge in [-0.25, -0.2) is 0 Å². The molecule has 4 nitrogen and oxygen atoms in total. The van der Waals surface area contributed by atoms with Crippen LogP contribution < -0.4 is 5.32 Å². The molecule has 2 aromatic rings. The average Bonchev–Trinajstić information content (AvgIpc) is 3.40. The molecule has 0 radical (unpaired) electrons. The second kappa shape index (κ2) is 6.35. The third-order valence-electron chi connectivity index (χ3n) is 7.78. The first-order valence-electron chi connectivity index (χ1n) is 11.2. The first kappa shape index (κ1) is 17.1. The van der Waals surface area contributed by atoms with Gasteiger partial charge in [0.25, 0.3) is 5.91 Å². The molecule has 1 aliphatic heterocycles. The van der Waals surface area contributed by atoms with Gasteiger partial charge < -0.3 is 14.6 Å². The summed E-state index contributed by atoms with van der Waals surface area (Å²) < 4.78 is 7.61. The lowest BCUT2D eigenvalue weighted by molar-refractivity contribution is -0.0166. The number of hydrogen-bond acceptors (Lipinski definition) is 2. The van der Waals surface area contributed by atoms with Crippen molar-refractivity contribution in [3.63, 3.8) is 0 Å². The minimum atomic E-state index is 0.0678. The van der Waals surface area contributed by atoms with Gasteiger partial charge in [-0.1, -0.05) is 18.2 Å². The van der Waals surface area contributed by atoms with Gasteiger partial charge in [-0.15, -0.1) is 0 Å². The number of amides is 1. The highest BCUT2D eigenvalue weighted by molar-refractivity contribution is 6.07. The largest absolute Gasteiger partial charge is 0.373 e. The Morgan fingerprint density at radius 3 is 2.46 bits per heavy atom. The summed E-state index contributed by atoms with van der Waals surface area (Å²) >= 11 is 0. The molecular formula is C24H30N2O2. The van der Waals surface area contributed by atoms with Crippen molar-refractivity contribution in [3.8, 4) is 0 Å². The molecule has 1 atom stereocenters. The summed E-state index contributed by atoms with van der Waals surface area (Å²) in [4.78, 5) is 13.4. The Morgan fingerprint density at radius 1 is 1.11 bits per heavy atom. The van der Waals surface area contributed by atoms with Crippen LogP contribution >= 0.6 is 0 Å².